The summed E-state index contributed by atoms with van der Waals surface area (Å²) >= 11 is 0. The molecule has 2 heterocycles. The Balaban J connectivity index is 1.64. The molecule has 2 amide bonds. The van der Waals surface area contributed by atoms with Gasteiger partial charge in [-0.05, 0) is 30.9 Å². The van der Waals surface area contributed by atoms with Gasteiger partial charge in [0.15, 0.2) is 5.82 Å². The highest BCUT2D eigenvalue weighted by atomic mass is 16.5. The van der Waals surface area contributed by atoms with Crippen LogP contribution in [0, 0.1) is 0 Å². The fourth-order valence-electron chi connectivity index (χ4n) is 2.89. The van der Waals surface area contributed by atoms with Gasteiger partial charge in [-0.15, -0.1) is 0 Å². The molecular formula is C18H24N6O2. The van der Waals surface area contributed by atoms with Gasteiger partial charge in [0, 0.05) is 18.8 Å². The van der Waals surface area contributed by atoms with E-state index in [1.165, 1.54) is 7.11 Å². The lowest BCUT2D eigenvalue weighted by atomic mass is 10.1. The minimum absolute atomic E-state index is 0.194. The van der Waals surface area contributed by atoms with Gasteiger partial charge in [0.1, 0.15) is 0 Å². The molecular weight excluding hydrogens is 332 g/mol. The maximum Gasteiger partial charge on any atom is 0.321 e. The van der Waals surface area contributed by atoms with E-state index in [9.17, 15) is 4.79 Å². The summed E-state index contributed by atoms with van der Waals surface area (Å²) in [6.45, 7) is 4.10. The first-order valence-electron chi connectivity index (χ1n) is 8.86. The predicted molar refractivity (Wildman–Crippen MR) is 99.5 cm³/mol. The molecule has 1 aliphatic rings. The number of aryl methyl sites for hydroxylation is 1. The number of urea groups is 1. The molecule has 8 nitrogen and oxygen atoms in total. The number of para-hydroxylation sites is 1. The first-order valence-corrected chi connectivity index (χ1v) is 8.86. The Morgan fingerprint density at radius 1 is 1.19 bits per heavy atom. The van der Waals surface area contributed by atoms with Gasteiger partial charge in [0.2, 0.25) is 5.95 Å². The summed E-state index contributed by atoms with van der Waals surface area (Å²) in [6.07, 6.45) is 3.10. The van der Waals surface area contributed by atoms with Gasteiger partial charge in [0.25, 0.3) is 0 Å². The van der Waals surface area contributed by atoms with Crippen molar-refractivity contribution in [3.05, 3.63) is 35.7 Å². The zero-order valence-corrected chi connectivity index (χ0v) is 15.2. The van der Waals surface area contributed by atoms with Crippen LogP contribution in [0.2, 0.25) is 0 Å². The number of amides is 2. The van der Waals surface area contributed by atoms with Crippen LogP contribution in [0.1, 0.15) is 31.2 Å². The van der Waals surface area contributed by atoms with Crippen molar-refractivity contribution in [1.29, 1.82) is 0 Å². The average Bonchev–Trinajstić information content (AvgIpc) is 3.21. The minimum Gasteiger partial charge on any atom is -0.467 e. The van der Waals surface area contributed by atoms with Crippen molar-refractivity contribution >= 4 is 17.7 Å². The molecule has 1 saturated heterocycles. The summed E-state index contributed by atoms with van der Waals surface area (Å²) in [5.74, 6) is 1.07. The SMILES string of the molecule is CCc1ccccc1NC(=O)NCc1nc(OC)nc(N2CCCC2)n1. The van der Waals surface area contributed by atoms with E-state index >= 15 is 0 Å². The van der Waals surface area contributed by atoms with Gasteiger partial charge < -0.3 is 20.3 Å². The molecule has 0 unspecified atom stereocenters. The molecule has 1 fully saturated rings. The Kier molecular flexibility index (Phi) is 5.83. The van der Waals surface area contributed by atoms with Crippen molar-refractivity contribution in [2.24, 2.45) is 0 Å². The van der Waals surface area contributed by atoms with Crippen LogP contribution in [0.3, 0.4) is 0 Å². The van der Waals surface area contributed by atoms with Crippen LogP contribution in [-0.4, -0.2) is 41.2 Å². The number of ether oxygens (including phenoxy) is 1. The average molecular weight is 356 g/mol. The van der Waals surface area contributed by atoms with Crippen LogP contribution < -0.4 is 20.3 Å². The van der Waals surface area contributed by atoms with Crippen molar-refractivity contribution in [2.45, 2.75) is 32.7 Å². The lowest BCUT2D eigenvalue weighted by Crippen LogP contribution is -2.30. The molecule has 138 valence electrons. The van der Waals surface area contributed by atoms with Crippen molar-refractivity contribution in [1.82, 2.24) is 20.3 Å². The molecule has 1 aromatic heterocycles. The third-order valence-corrected chi connectivity index (χ3v) is 4.27. The molecule has 2 N–H and O–H groups in total. The molecule has 1 aliphatic heterocycles. The van der Waals surface area contributed by atoms with Crippen LogP contribution in [-0.2, 0) is 13.0 Å². The number of methoxy groups -OCH3 is 1. The summed E-state index contributed by atoms with van der Waals surface area (Å²) in [5.41, 5.74) is 1.89. The van der Waals surface area contributed by atoms with Gasteiger partial charge in [-0.2, -0.15) is 15.0 Å². The Labute approximate surface area is 153 Å². The molecule has 0 bridgehead atoms. The van der Waals surface area contributed by atoms with Gasteiger partial charge in [-0.25, -0.2) is 4.79 Å². The molecule has 0 aliphatic carbocycles. The summed E-state index contributed by atoms with van der Waals surface area (Å²) in [7, 11) is 1.52. The van der Waals surface area contributed by atoms with E-state index in [2.05, 4.69) is 37.4 Å². The molecule has 26 heavy (non-hydrogen) atoms. The maximum absolute atomic E-state index is 12.2. The lowest BCUT2D eigenvalue weighted by Gasteiger charge is -2.16. The van der Waals surface area contributed by atoms with E-state index in [-0.39, 0.29) is 18.6 Å². The normalized spacial score (nSPS) is 13.5. The van der Waals surface area contributed by atoms with E-state index in [4.69, 9.17) is 4.74 Å². The minimum atomic E-state index is -0.298. The Morgan fingerprint density at radius 3 is 2.69 bits per heavy atom. The molecule has 2 aromatic rings. The fraction of sp³-hybridized carbons (Fsp3) is 0.444. The van der Waals surface area contributed by atoms with Crippen LogP contribution in [0.4, 0.5) is 16.4 Å². The second-order valence-electron chi connectivity index (χ2n) is 6.05. The van der Waals surface area contributed by atoms with Crippen LogP contribution in [0.25, 0.3) is 0 Å². The molecule has 8 heteroatoms. The Morgan fingerprint density at radius 2 is 1.96 bits per heavy atom. The predicted octanol–water partition coefficient (Wildman–Crippen LogP) is 2.36. The summed E-state index contributed by atoms with van der Waals surface area (Å²) in [6, 6.07) is 7.70. The summed E-state index contributed by atoms with van der Waals surface area (Å²) in [4.78, 5) is 27.3. The third kappa shape index (κ3) is 4.38. The molecule has 3 rings (SSSR count). The van der Waals surface area contributed by atoms with Crippen LogP contribution >= 0.6 is 0 Å². The number of aromatic nitrogens is 3. The van der Waals surface area contributed by atoms with E-state index in [1.807, 2.05) is 24.3 Å². The second kappa shape index (κ2) is 8.46. The van der Waals surface area contributed by atoms with Crippen molar-refractivity contribution in [3.63, 3.8) is 0 Å². The highest BCUT2D eigenvalue weighted by molar-refractivity contribution is 5.90. The maximum atomic E-state index is 12.2. The van der Waals surface area contributed by atoms with E-state index in [1.54, 1.807) is 0 Å². The standard InChI is InChI=1S/C18H24N6O2/c1-3-13-8-4-5-9-14(13)20-17(25)19-12-15-21-16(23-18(22-15)26-2)24-10-6-7-11-24/h4-5,8-9H,3,6-7,10-12H2,1-2H3,(H2,19,20,25). The third-order valence-electron chi connectivity index (χ3n) is 4.27. The quantitative estimate of drug-likeness (QED) is 0.825. The van der Waals surface area contributed by atoms with Gasteiger partial charge >= 0.3 is 12.0 Å². The van der Waals surface area contributed by atoms with E-state index in [0.29, 0.717) is 11.8 Å². The topological polar surface area (TPSA) is 92.3 Å². The number of anilines is 2. The summed E-state index contributed by atoms with van der Waals surface area (Å²) in [5, 5.41) is 5.66. The molecule has 1 aromatic carbocycles. The number of carbonyl (C=O) groups is 1. The monoisotopic (exact) mass is 356 g/mol. The number of hydrogen-bond donors (Lipinski definition) is 2. The largest absolute Gasteiger partial charge is 0.467 e. The lowest BCUT2D eigenvalue weighted by molar-refractivity contribution is 0.251. The summed E-state index contributed by atoms with van der Waals surface area (Å²) < 4.78 is 5.17. The van der Waals surface area contributed by atoms with Crippen molar-refractivity contribution in [3.8, 4) is 6.01 Å². The van der Waals surface area contributed by atoms with Gasteiger partial charge in [-0.3, -0.25) is 0 Å². The molecule has 0 atom stereocenters. The second-order valence-corrected chi connectivity index (χ2v) is 6.05. The number of hydrogen-bond acceptors (Lipinski definition) is 6. The number of nitrogens with one attached hydrogen (secondary N) is 2. The van der Waals surface area contributed by atoms with Gasteiger partial charge in [-0.1, -0.05) is 25.1 Å². The Hall–Kier alpha value is -2.90. The molecule has 0 radical (unpaired) electrons. The number of benzene rings is 1. The zero-order valence-electron chi connectivity index (χ0n) is 15.2. The first-order chi connectivity index (χ1) is 12.7. The van der Waals surface area contributed by atoms with E-state index < -0.39 is 0 Å². The highest BCUT2D eigenvalue weighted by Crippen LogP contribution is 2.18. The smallest absolute Gasteiger partial charge is 0.321 e. The number of nitrogens with zero attached hydrogens (tertiary/aromatic N) is 4. The zero-order chi connectivity index (χ0) is 18.4. The van der Waals surface area contributed by atoms with E-state index in [0.717, 1.165) is 43.6 Å². The van der Waals surface area contributed by atoms with Crippen molar-refractivity contribution < 1.29 is 9.53 Å². The number of rotatable bonds is 6. The van der Waals surface area contributed by atoms with Crippen LogP contribution in [0.15, 0.2) is 24.3 Å². The number of carbonyl (C=O) groups excluding carboxylic acids is 1. The molecule has 0 spiro atoms. The first kappa shape index (κ1) is 17.9. The fourth-order valence-corrected chi connectivity index (χ4v) is 2.89. The highest BCUT2D eigenvalue weighted by Gasteiger charge is 2.18. The van der Waals surface area contributed by atoms with Gasteiger partial charge in [0.05, 0.1) is 13.7 Å². The molecule has 0 saturated carbocycles. The Bertz CT molecular complexity index is 761. The van der Waals surface area contributed by atoms with Crippen LogP contribution in [0.5, 0.6) is 6.01 Å². The van der Waals surface area contributed by atoms with Crippen molar-refractivity contribution in [2.75, 3.05) is 30.4 Å².